The summed E-state index contributed by atoms with van der Waals surface area (Å²) >= 11 is 0. The molecule has 2 N–H and O–H groups in total. The van der Waals surface area contributed by atoms with Gasteiger partial charge >= 0.3 is 8.80 Å². The molecule has 13 heavy (non-hydrogen) atoms. The lowest BCUT2D eigenvalue weighted by Crippen LogP contribution is -2.60. The fourth-order valence-corrected chi connectivity index (χ4v) is 3.60. The average molecular weight is 207 g/mol. The minimum absolute atomic E-state index is 0.672. The Labute approximate surface area is 79.5 Å². The third-order valence-electron chi connectivity index (χ3n) is 2.30. The highest BCUT2D eigenvalue weighted by Gasteiger charge is 2.49. The van der Waals surface area contributed by atoms with E-state index in [0.717, 1.165) is 12.5 Å². The van der Waals surface area contributed by atoms with Crippen LogP contribution in [0, 0.1) is 0 Å². The van der Waals surface area contributed by atoms with Crippen molar-refractivity contribution < 1.29 is 18.0 Å². The molecule has 0 aromatic carbocycles. The van der Waals surface area contributed by atoms with E-state index in [9.17, 15) is 0 Å². The summed E-state index contributed by atoms with van der Waals surface area (Å²) in [6.45, 7) is 0. The maximum Gasteiger partial charge on any atom is 0.503 e. The Balaban J connectivity index is 2.69. The summed E-state index contributed by atoms with van der Waals surface area (Å²) in [7, 11) is 2.15. The van der Waals surface area contributed by atoms with Crippen molar-refractivity contribution in [1.82, 2.24) is 0 Å². The maximum absolute atomic E-state index is 5.82. The molecule has 0 aromatic heterocycles. The molecule has 5 nitrogen and oxygen atoms in total. The van der Waals surface area contributed by atoms with Gasteiger partial charge in [-0.15, -0.1) is 0 Å². The van der Waals surface area contributed by atoms with Crippen LogP contribution in [0.15, 0.2) is 0 Å². The lowest BCUT2D eigenvalue weighted by molar-refractivity contribution is -0.202. The summed E-state index contributed by atoms with van der Waals surface area (Å²) in [6, 6.07) is 0.794. The van der Waals surface area contributed by atoms with Crippen molar-refractivity contribution in [2.75, 3.05) is 21.3 Å². The molecule has 1 unspecified atom stereocenters. The normalized spacial score (nSPS) is 33.2. The molecule has 1 aliphatic heterocycles. The Bertz CT molecular complexity index is 176. The van der Waals surface area contributed by atoms with Gasteiger partial charge in [-0.25, -0.2) is 0 Å². The second-order valence-corrected chi connectivity index (χ2v) is 5.95. The van der Waals surface area contributed by atoms with Crippen molar-refractivity contribution in [2.45, 2.75) is 24.8 Å². The molecule has 0 bridgehead atoms. The van der Waals surface area contributed by atoms with Crippen molar-refractivity contribution in [2.24, 2.45) is 5.73 Å². The molecule has 1 fully saturated rings. The summed E-state index contributed by atoms with van der Waals surface area (Å²) in [6.07, 6.45) is 1.57. The zero-order valence-electron chi connectivity index (χ0n) is 8.33. The molecule has 0 aliphatic carbocycles. The third-order valence-corrected chi connectivity index (χ3v) is 5.17. The molecule has 1 rings (SSSR count). The zero-order chi connectivity index (χ0) is 9.95. The van der Waals surface area contributed by atoms with Gasteiger partial charge < -0.3 is 18.0 Å². The van der Waals surface area contributed by atoms with Crippen LogP contribution in [0.25, 0.3) is 0 Å². The van der Waals surface area contributed by atoms with E-state index in [2.05, 4.69) is 0 Å². The lowest BCUT2D eigenvalue weighted by atomic mass is 10.3. The summed E-state index contributed by atoms with van der Waals surface area (Å²) < 4.78 is 21.1. The van der Waals surface area contributed by atoms with Crippen LogP contribution in [0.2, 0.25) is 6.04 Å². The number of hydrogen-bond acceptors (Lipinski definition) is 5. The smallest absolute Gasteiger partial charge is 0.377 e. The van der Waals surface area contributed by atoms with Gasteiger partial charge in [0.15, 0.2) is 0 Å². The number of rotatable bonds is 3. The van der Waals surface area contributed by atoms with Gasteiger partial charge in [0.2, 0.25) is 5.91 Å². The topological polar surface area (TPSA) is 62.9 Å². The molecule has 78 valence electrons. The van der Waals surface area contributed by atoms with E-state index < -0.39 is 14.7 Å². The second kappa shape index (κ2) is 4.03. The summed E-state index contributed by atoms with van der Waals surface area (Å²) in [5.41, 5.74) is 5.82. The molecule has 0 aromatic rings. The molecule has 6 heteroatoms. The van der Waals surface area contributed by atoms with E-state index in [1.54, 1.807) is 14.2 Å². The van der Waals surface area contributed by atoms with Crippen molar-refractivity contribution in [1.29, 1.82) is 0 Å². The highest BCUT2D eigenvalue weighted by Crippen LogP contribution is 2.31. The van der Waals surface area contributed by atoms with Crippen LogP contribution in [0.3, 0.4) is 0 Å². The minimum Gasteiger partial charge on any atom is -0.377 e. The van der Waals surface area contributed by atoms with Crippen molar-refractivity contribution in [3.05, 3.63) is 0 Å². The molecule has 0 spiro atoms. The monoisotopic (exact) mass is 207 g/mol. The predicted molar refractivity (Wildman–Crippen MR) is 48.8 cm³/mol. The van der Waals surface area contributed by atoms with Crippen LogP contribution in [-0.4, -0.2) is 36.0 Å². The van der Waals surface area contributed by atoms with Crippen molar-refractivity contribution >= 4 is 8.80 Å². The van der Waals surface area contributed by atoms with Crippen LogP contribution in [0.4, 0.5) is 0 Å². The van der Waals surface area contributed by atoms with E-state index in [0.29, 0.717) is 6.42 Å². The Morgan fingerprint density at radius 1 is 1.31 bits per heavy atom. The van der Waals surface area contributed by atoms with E-state index >= 15 is 0 Å². The van der Waals surface area contributed by atoms with Gasteiger partial charge in [0.05, 0.1) is 0 Å². The average Bonchev–Trinajstić information content (AvgIpc) is 2.18. The fourth-order valence-electron chi connectivity index (χ4n) is 1.43. The zero-order valence-corrected chi connectivity index (χ0v) is 9.33. The van der Waals surface area contributed by atoms with E-state index in [4.69, 9.17) is 23.7 Å². The van der Waals surface area contributed by atoms with Gasteiger partial charge in [0.1, 0.15) is 0 Å². The van der Waals surface area contributed by atoms with Gasteiger partial charge in [-0.3, -0.25) is 5.73 Å². The largest absolute Gasteiger partial charge is 0.503 e. The predicted octanol–water partition coefficient (Wildman–Crippen LogP) is 0.287. The van der Waals surface area contributed by atoms with Crippen LogP contribution < -0.4 is 5.73 Å². The summed E-state index contributed by atoms with van der Waals surface area (Å²) in [5, 5.41) is 0. The minimum atomic E-state index is -2.54. The third kappa shape index (κ3) is 2.28. The first-order chi connectivity index (χ1) is 6.10. The highest BCUT2D eigenvalue weighted by atomic mass is 28.4. The van der Waals surface area contributed by atoms with E-state index in [1.165, 1.54) is 7.11 Å². The molecule has 1 heterocycles. The summed E-state index contributed by atoms with van der Waals surface area (Å²) in [5.74, 6) is -1.03. The first-order valence-electron chi connectivity index (χ1n) is 4.24. The Morgan fingerprint density at radius 3 is 2.38 bits per heavy atom. The maximum atomic E-state index is 5.82. The molecule has 1 atom stereocenters. The van der Waals surface area contributed by atoms with Gasteiger partial charge in [0.25, 0.3) is 0 Å². The van der Waals surface area contributed by atoms with Crippen molar-refractivity contribution in [3.8, 4) is 0 Å². The molecule has 0 radical (unpaired) electrons. The van der Waals surface area contributed by atoms with Crippen molar-refractivity contribution in [3.63, 3.8) is 0 Å². The first kappa shape index (κ1) is 11.1. The second-order valence-electron chi connectivity index (χ2n) is 3.06. The van der Waals surface area contributed by atoms with E-state index in [-0.39, 0.29) is 0 Å². The standard InChI is InChI=1S/C7H17NO4Si/c1-9-7(8)5-4-6-13(10-2,11-3)12-7/h4-6,8H2,1-3H3. The molecular formula is C7H17NO4Si. The number of ether oxygens (including phenoxy) is 1. The van der Waals surface area contributed by atoms with Gasteiger partial charge in [0, 0.05) is 33.8 Å². The number of methoxy groups -OCH3 is 1. The molecule has 1 saturated heterocycles. The van der Waals surface area contributed by atoms with Crippen LogP contribution in [0.1, 0.15) is 12.8 Å². The van der Waals surface area contributed by atoms with Gasteiger partial charge in [-0.2, -0.15) is 0 Å². The fraction of sp³-hybridized carbons (Fsp3) is 1.00. The molecule has 0 amide bonds. The quantitative estimate of drug-likeness (QED) is 0.532. The highest BCUT2D eigenvalue weighted by molar-refractivity contribution is 6.60. The Kier molecular flexibility index (Phi) is 3.44. The number of nitrogens with two attached hydrogens (primary N) is 1. The SMILES string of the molecule is COC1(N)CCC[Si](OC)(OC)O1. The van der Waals surface area contributed by atoms with Gasteiger partial charge in [-0.05, 0) is 6.42 Å². The molecular weight excluding hydrogens is 190 g/mol. The Hall–Kier alpha value is 0.0169. The van der Waals surface area contributed by atoms with Gasteiger partial charge in [-0.1, -0.05) is 0 Å². The molecule has 1 aliphatic rings. The number of hydrogen-bond donors (Lipinski definition) is 1. The van der Waals surface area contributed by atoms with Crippen LogP contribution in [-0.2, 0) is 18.0 Å². The summed E-state index contributed by atoms with van der Waals surface area (Å²) in [4.78, 5) is 0. The molecule has 0 saturated carbocycles. The lowest BCUT2D eigenvalue weighted by Gasteiger charge is -2.40. The Morgan fingerprint density at radius 2 is 1.92 bits per heavy atom. The first-order valence-corrected chi connectivity index (χ1v) is 6.17. The van der Waals surface area contributed by atoms with Crippen LogP contribution >= 0.6 is 0 Å². The van der Waals surface area contributed by atoms with E-state index in [1.807, 2.05) is 0 Å². The van der Waals surface area contributed by atoms with Crippen LogP contribution in [0.5, 0.6) is 0 Å².